The molecule has 136 valence electrons. The highest BCUT2D eigenvalue weighted by Crippen LogP contribution is 2.26. The predicted octanol–water partition coefficient (Wildman–Crippen LogP) is 2.73. The molecule has 1 fully saturated rings. The molecular formula is C18H25N3O3S. The maximum Gasteiger partial charge on any atom is 0.267 e. The Kier molecular flexibility index (Phi) is 4.88. The van der Waals surface area contributed by atoms with Gasteiger partial charge in [0.1, 0.15) is 5.69 Å². The van der Waals surface area contributed by atoms with Crippen LogP contribution < -0.4 is 5.32 Å². The molecule has 2 N–H and O–H groups in total. The standard InChI is InChI=1S/C18H25N3O3S/c1-12(2)19-18(22)17-11-14-10-15(4-5-16(14)20-17)25(23,24)21-8-6-13(3)7-9-21/h4-5,10-13,20H,6-9H2,1-3H3,(H,19,22). The summed E-state index contributed by atoms with van der Waals surface area (Å²) < 4.78 is 27.3. The van der Waals surface area contributed by atoms with E-state index in [1.54, 1.807) is 28.6 Å². The Labute approximate surface area is 148 Å². The summed E-state index contributed by atoms with van der Waals surface area (Å²) in [5.41, 5.74) is 1.19. The Morgan fingerprint density at radius 1 is 1.24 bits per heavy atom. The summed E-state index contributed by atoms with van der Waals surface area (Å²) in [6.45, 7) is 7.07. The molecule has 0 radical (unpaired) electrons. The third kappa shape index (κ3) is 3.72. The molecule has 1 aromatic heterocycles. The summed E-state index contributed by atoms with van der Waals surface area (Å²) >= 11 is 0. The third-order valence-corrected chi connectivity index (χ3v) is 6.53. The van der Waals surface area contributed by atoms with E-state index in [1.165, 1.54) is 0 Å². The zero-order valence-electron chi connectivity index (χ0n) is 14.9. The molecule has 1 aliphatic rings. The van der Waals surface area contributed by atoms with Crippen molar-refractivity contribution in [2.24, 2.45) is 5.92 Å². The number of carbonyl (C=O) groups excluding carboxylic acids is 1. The van der Waals surface area contributed by atoms with Crippen molar-refractivity contribution >= 4 is 26.8 Å². The van der Waals surface area contributed by atoms with E-state index in [1.807, 2.05) is 13.8 Å². The summed E-state index contributed by atoms with van der Waals surface area (Å²) in [5.74, 6) is 0.376. The molecule has 2 heterocycles. The van der Waals surface area contributed by atoms with Crippen LogP contribution in [0.15, 0.2) is 29.2 Å². The number of aromatic nitrogens is 1. The minimum absolute atomic E-state index is 0.0383. The van der Waals surface area contributed by atoms with Crippen LogP contribution in [-0.2, 0) is 10.0 Å². The first-order valence-electron chi connectivity index (χ1n) is 8.71. The van der Waals surface area contributed by atoms with Crippen molar-refractivity contribution in [3.8, 4) is 0 Å². The second-order valence-electron chi connectivity index (χ2n) is 7.15. The first kappa shape index (κ1) is 17.9. The second-order valence-corrected chi connectivity index (χ2v) is 9.08. The van der Waals surface area contributed by atoms with Gasteiger partial charge in [0, 0.05) is 30.0 Å². The highest BCUT2D eigenvalue weighted by atomic mass is 32.2. The average molecular weight is 363 g/mol. The van der Waals surface area contributed by atoms with Crippen LogP contribution in [-0.4, -0.2) is 42.7 Å². The molecule has 2 aromatic rings. The van der Waals surface area contributed by atoms with Gasteiger partial charge >= 0.3 is 0 Å². The lowest BCUT2D eigenvalue weighted by Gasteiger charge is -2.29. The van der Waals surface area contributed by atoms with Crippen LogP contribution >= 0.6 is 0 Å². The Bertz CT molecular complexity index is 878. The number of sulfonamides is 1. The number of fused-ring (bicyclic) bond motifs is 1. The molecule has 0 unspecified atom stereocenters. The number of hydrogen-bond donors (Lipinski definition) is 2. The number of rotatable bonds is 4. The Morgan fingerprint density at radius 3 is 2.56 bits per heavy atom. The second kappa shape index (κ2) is 6.80. The van der Waals surface area contributed by atoms with Crippen molar-refractivity contribution in [3.05, 3.63) is 30.0 Å². The molecule has 25 heavy (non-hydrogen) atoms. The number of nitrogens with one attached hydrogen (secondary N) is 2. The SMILES string of the molecule is CC1CCN(S(=O)(=O)c2ccc3[nH]c(C(=O)NC(C)C)cc3c2)CC1. The van der Waals surface area contributed by atoms with Gasteiger partial charge in [0.2, 0.25) is 10.0 Å². The van der Waals surface area contributed by atoms with E-state index < -0.39 is 10.0 Å². The molecule has 1 saturated heterocycles. The highest BCUT2D eigenvalue weighted by Gasteiger charge is 2.28. The number of amides is 1. The predicted molar refractivity (Wildman–Crippen MR) is 98.1 cm³/mol. The van der Waals surface area contributed by atoms with Crippen molar-refractivity contribution in [3.63, 3.8) is 0 Å². The summed E-state index contributed by atoms with van der Waals surface area (Å²) in [5, 5.41) is 3.55. The van der Waals surface area contributed by atoms with Gasteiger partial charge in [-0.25, -0.2) is 8.42 Å². The average Bonchev–Trinajstić information content (AvgIpc) is 2.98. The number of piperidine rings is 1. The van der Waals surface area contributed by atoms with Gasteiger partial charge in [0.25, 0.3) is 5.91 Å². The van der Waals surface area contributed by atoms with Crippen LogP contribution in [0.25, 0.3) is 10.9 Å². The van der Waals surface area contributed by atoms with Crippen molar-refractivity contribution in [2.75, 3.05) is 13.1 Å². The first-order valence-corrected chi connectivity index (χ1v) is 10.1. The molecule has 7 heteroatoms. The lowest BCUT2D eigenvalue weighted by atomic mass is 10.0. The van der Waals surface area contributed by atoms with Gasteiger partial charge in [-0.2, -0.15) is 4.31 Å². The Morgan fingerprint density at radius 2 is 1.92 bits per heavy atom. The van der Waals surface area contributed by atoms with Crippen LogP contribution in [0.4, 0.5) is 0 Å². The van der Waals surface area contributed by atoms with E-state index in [2.05, 4.69) is 17.2 Å². The normalized spacial score (nSPS) is 17.3. The molecule has 6 nitrogen and oxygen atoms in total. The van der Waals surface area contributed by atoms with Crippen LogP contribution in [0.3, 0.4) is 0 Å². The van der Waals surface area contributed by atoms with Gasteiger partial charge in [0.15, 0.2) is 0 Å². The first-order chi connectivity index (χ1) is 11.8. The van der Waals surface area contributed by atoms with Crippen LogP contribution in [0, 0.1) is 5.92 Å². The van der Waals surface area contributed by atoms with E-state index in [0.717, 1.165) is 23.7 Å². The number of hydrogen-bond acceptors (Lipinski definition) is 3. The number of benzene rings is 1. The summed E-state index contributed by atoms with van der Waals surface area (Å²) in [6, 6.07) is 6.71. The summed E-state index contributed by atoms with van der Waals surface area (Å²) in [4.78, 5) is 15.4. The molecule has 0 atom stereocenters. The van der Waals surface area contributed by atoms with Crippen LogP contribution in [0.5, 0.6) is 0 Å². The number of carbonyl (C=O) groups is 1. The smallest absolute Gasteiger partial charge is 0.267 e. The minimum Gasteiger partial charge on any atom is -0.351 e. The van der Waals surface area contributed by atoms with E-state index in [0.29, 0.717) is 24.7 Å². The van der Waals surface area contributed by atoms with Crippen LogP contribution in [0.2, 0.25) is 0 Å². The van der Waals surface area contributed by atoms with Gasteiger partial charge in [-0.15, -0.1) is 0 Å². The van der Waals surface area contributed by atoms with E-state index in [4.69, 9.17) is 0 Å². The molecule has 0 saturated carbocycles. The van der Waals surface area contributed by atoms with Crippen LogP contribution in [0.1, 0.15) is 44.1 Å². The van der Waals surface area contributed by atoms with Crippen molar-refractivity contribution < 1.29 is 13.2 Å². The van der Waals surface area contributed by atoms with E-state index >= 15 is 0 Å². The van der Waals surface area contributed by atoms with Crippen molar-refractivity contribution in [1.29, 1.82) is 0 Å². The van der Waals surface area contributed by atoms with Gasteiger partial charge in [-0.05, 0) is 56.9 Å². The van der Waals surface area contributed by atoms with Gasteiger partial charge in [0.05, 0.1) is 4.90 Å². The van der Waals surface area contributed by atoms with Gasteiger partial charge in [-0.3, -0.25) is 4.79 Å². The molecular weight excluding hydrogens is 338 g/mol. The quantitative estimate of drug-likeness (QED) is 0.876. The summed E-state index contributed by atoms with van der Waals surface area (Å²) in [6.07, 6.45) is 1.79. The highest BCUT2D eigenvalue weighted by molar-refractivity contribution is 7.89. The van der Waals surface area contributed by atoms with Crippen molar-refractivity contribution in [1.82, 2.24) is 14.6 Å². The lowest BCUT2D eigenvalue weighted by Crippen LogP contribution is -2.37. The molecule has 1 aromatic carbocycles. The fourth-order valence-corrected chi connectivity index (χ4v) is 4.61. The lowest BCUT2D eigenvalue weighted by molar-refractivity contribution is 0.0939. The van der Waals surface area contributed by atoms with Gasteiger partial charge < -0.3 is 10.3 Å². The zero-order valence-corrected chi connectivity index (χ0v) is 15.7. The molecule has 0 aliphatic carbocycles. The number of H-pyrrole nitrogens is 1. The topological polar surface area (TPSA) is 82.3 Å². The Hall–Kier alpha value is -1.86. The summed E-state index contributed by atoms with van der Waals surface area (Å²) in [7, 11) is -3.49. The molecule has 0 bridgehead atoms. The van der Waals surface area contributed by atoms with E-state index in [9.17, 15) is 13.2 Å². The molecule has 1 amide bonds. The molecule has 0 spiro atoms. The van der Waals surface area contributed by atoms with Gasteiger partial charge in [-0.1, -0.05) is 6.92 Å². The van der Waals surface area contributed by atoms with Crippen molar-refractivity contribution in [2.45, 2.75) is 44.6 Å². The Balaban J connectivity index is 1.89. The molecule has 1 aliphatic heterocycles. The monoisotopic (exact) mass is 363 g/mol. The maximum atomic E-state index is 12.9. The fourth-order valence-electron chi connectivity index (χ4n) is 3.11. The number of nitrogens with zero attached hydrogens (tertiary/aromatic N) is 1. The number of aromatic amines is 1. The third-order valence-electron chi connectivity index (χ3n) is 4.64. The largest absolute Gasteiger partial charge is 0.351 e. The maximum absolute atomic E-state index is 12.9. The molecule has 3 rings (SSSR count). The minimum atomic E-state index is -3.49. The fraction of sp³-hybridized carbons (Fsp3) is 0.500. The zero-order chi connectivity index (χ0) is 18.2. The van der Waals surface area contributed by atoms with E-state index in [-0.39, 0.29) is 16.8 Å².